The minimum atomic E-state index is -0.997. The number of pyridine rings is 1. The van der Waals surface area contributed by atoms with Gasteiger partial charge in [-0.3, -0.25) is 4.98 Å². The van der Waals surface area contributed by atoms with Crippen molar-refractivity contribution in [3.63, 3.8) is 0 Å². The van der Waals surface area contributed by atoms with Crippen LogP contribution in [0.5, 0.6) is 0 Å². The van der Waals surface area contributed by atoms with Gasteiger partial charge >= 0.3 is 12.0 Å². The van der Waals surface area contributed by atoms with Crippen LogP contribution in [0.2, 0.25) is 0 Å². The summed E-state index contributed by atoms with van der Waals surface area (Å²) >= 11 is 0. The maximum atomic E-state index is 12.6. The van der Waals surface area contributed by atoms with Crippen molar-refractivity contribution in [3.05, 3.63) is 58.9 Å². The van der Waals surface area contributed by atoms with Gasteiger partial charge < -0.3 is 15.3 Å². The summed E-state index contributed by atoms with van der Waals surface area (Å²) in [4.78, 5) is 29.9. The number of fused-ring (bicyclic) bond motifs is 1. The van der Waals surface area contributed by atoms with E-state index in [1.807, 2.05) is 24.3 Å². The second-order valence-electron chi connectivity index (χ2n) is 7.52. The topological polar surface area (TPSA) is 82.5 Å². The average Bonchev–Trinajstić information content (AvgIpc) is 2.60. The van der Waals surface area contributed by atoms with Crippen LogP contribution in [0.4, 0.5) is 10.5 Å². The van der Waals surface area contributed by atoms with Crippen molar-refractivity contribution in [3.8, 4) is 0 Å². The Hall–Kier alpha value is -2.89. The summed E-state index contributed by atoms with van der Waals surface area (Å²) in [5.41, 5.74) is 3.55. The van der Waals surface area contributed by atoms with Crippen LogP contribution in [-0.2, 0) is 18.4 Å². The third-order valence-corrected chi connectivity index (χ3v) is 4.63. The monoisotopic (exact) mass is 353 g/mol. The zero-order chi connectivity index (χ0) is 18.9. The molecule has 0 saturated carbocycles. The first-order valence-corrected chi connectivity index (χ1v) is 8.62. The Morgan fingerprint density at radius 2 is 1.85 bits per heavy atom. The SMILES string of the molecule is CC(C)(C)c1ccc(NC(=O)N2CCc3nccc(C(=O)O)c3C2)cc1. The van der Waals surface area contributed by atoms with Crippen molar-refractivity contribution in [2.75, 3.05) is 11.9 Å². The number of carbonyl (C=O) groups is 2. The molecular formula is C20H23N3O3. The van der Waals surface area contributed by atoms with Gasteiger partial charge in [-0.2, -0.15) is 0 Å². The lowest BCUT2D eigenvalue weighted by atomic mass is 9.87. The first kappa shape index (κ1) is 17.9. The van der Waals surface area contributed by atoms with E-state index in [1.165, 1.54) is 17.8 Å². The predicted molar refractivity (Wildman–Crippen MR) is 99.5 cm³/mol. The fraction of sp³-hybridized carbons (Fsp3) is 0.350. The Kier molecular flexibility index (Phi) is 4.68. The van der Waals surface area contributed by atoms with E-state index in [1.54, 1.807) is 4.90 Å². The molecule has 0 aliphatic carbocycles. The Bertz CT molecular complexity index is 838. The van der Waals surface area contributed by atoms with Crippen molar-refractivity contribution in [1.29, 1.82) is 0 Å². The number of amides is 2. The standard InChI is InChI=1S/C20H23N3O3/c1-20(2,3)13-4-6-14(7-5-13)22-19(26)23-11-9-17-16(12-23)15(18(24)25)8-10-21-17/h4-8,10H,9,11-12H2,1-3H3,(H,22,26)(H,24,25). The van der Waals surface area contributed by atoms with Gasteiger partial charge in [0.15, 0.2) is 0 Å². The van der Waals surface area contributed by atoms with Crippen LogP contribution < -0.4 is 5.32 Å². The molecule has 6 nitrogen and oxygen atoms in total. The predicted octanol–water partition coefficient (Wildman–Crippen LogP) is 3.67. The molecule has 3 rings (SSSR count). The molecule has 0 spiro atoms. The summed E-state index contributed by atoms with van der Waals surface area (Å²) in [5, 5.41) is 12.2. The maximum Gasteiger partial charge on any atom is 0.336 e. The smallest absolute Gasteiger partial charge is 0.336 e. The van der Waals surface area contributed by atoms with Gasteiger partial charge in [0.25, 0.3) is 0 Å². The number of anilines is 1. The molecule has 6 heteroatoms. The maximum absolute atomic E-state index is 12.6. The van der Waals surface area contributed by atoms with Crippen LogP contribution in [-0.4, -0.2) is 33.5 Å². The van der Waals surface area contributed by atoms with Crippen molar-refractivity contribution >= 4 is 17.7 Å². The summed E-state index contributed by atoms with van der Waals surface area (Å²) in [6, 6.07) is 9.04. The highest BCUT2D eigenvalue weighted by Crippen LogP contribution is 2.25. The minimum absolute atomic E-state index is 0.0549. The van der Waals surface area contributed by atoms with E-state index >= 15 is 0 Å². The van der Waals surface area contributed by atoms with E-state index in [4.69, 9.17) is 0 Å². The van der Waals surface area contributed by atoms with Gasteiger partial charge in [0.1, 0.15) is 0 Å². The normalized spacial score (nSPS) is 13.9. The van der Waals surface area contributed by atoms with Crippen molar-refractivity contribution in [1.82, 2.24) is 9.88 Å². The van der Waals surface area contributed by atoms with E-state index in [2.05, 4.69) is 31.1 Å². The largest absolute Gasteiger partial charge is 0.478 e. The van der Waals surface area contributed by atoms with E-state index in [0.717, 1.165) is 11.4 Å². The summed E-state index contributed by atoms with van der Waals surface area (Å²) in [5.74, 6) is -0.997. The molecule has 2 N–H and O–H groups in total. The molecule has 136 valence electrons. The first-order valence-electron chi connectivity index (χ1n) is 8.62. The van der Waals surface area contributed by atoms with Crippen molar-refractivity contribution in [2.24, 2.45) is 0 Å². The van der Waals surface area contributed by atoms with E-state index in [0.29, 0.717) is 18.5 Å². The van der Waals surface area contributed by atoms with Gasteiger partial charge in [0.05, 0.1) is 12.1 Å². The Morgan fingerprint density at radius 3 is 2.46 bits per heavy atom. The van der Waals surface area contributed by atoms with Crippen molar-refractivity contribution < 1.29 is 14.7 Å². The molecule has 2 amide bonds. The molecule has 0 atom stereocenters. The number of carboxylic acid groups (broad SMARTS) is 1. The number of aromatic nitrogens is 1. The molecule has 1 aromatic heterocycles. The van der Waals surface area contributed by atoms with Crippen LogP contribution in [0.25, 0.3) is 0 Å². The number of carboxylic acids is 1. The highest BCUT2D eigenvalue weighted by Gasteiger charge is 2.25. The first-order chi connectivity index (χ1) is 12.3. The molecule has 26 heavy (non-hydrogen) atoms. The van der Waals surface area contributed by atoms with Gasteiger partial charge in [0, 0.05) is 36.1 Å². The highest BCUT2D eigenvalue weighted by molar-refractivity contribution is 5.91. The number of aromatic carboxylic acids is 1. The van der Waals surface area contributed by atoms with Gasteiger partial charge in [-0.25, -0.2) is 9.59 Å². The lowest BCUT2D eigenvalue weighted by Gasteiger charge is -2.29. The van der Waals surface area contributed by atoms with Crippen LogP contribution in [0.1, 0.15) is 48.0 Å². The number of rotatable bonds is 2. The number of nitrogens with zero attached hydrogens (tertiary/aromatic N) is 2. The molecule has 0 radical (unpaired) electrons. The third kappa shape index (κ3) is 3.69. The van der Waals surface area contributed by atoms with Gasteiger partial charge in [-0.15, -0.1) is 0 Å². The Morgan fingerprint density at radius 1 is 1.15 bits per heavy atom. The molecule has 2 aromatic rings. The number of hydrogen-bond acceptors (Lipinski definition) is 3. The average molecular weight is 353 g/mol. The second-order valence-corrected chi connectivity index (χ2v) is 7.52. The molecule has 2 heterocycles. The number of hydrogen-bond donors (Lipinski definition) is 2. The quantitative estimate of drug-likeness (QED) is 0.863. The van der Waals surface area contributed by atoms with E-state index in [-0.39, 0.29) is 23.6 Å². The summed E-state index contributed by atoms with van der Waals surface area (Å²) in [6.07, 6.45) is 2.06. The highest BCUT2D eigenvalue weighted by atomic mass is 16.4. The zero-order valence-electron chi connectivity index (χ0n) is 15.2. The Labute approximate surface area is 152 Å². The fourth-order valence-electron chi connectivity index (χ4n) is 3.07. The lowest BCUT2D eigenvalue weighted by molar-refractivity contribution is 0.0693. The van der Waals surface area contributed by atoms with Gasteiger partial charge in [-0.05, 0) is 29.2 Å². The van der Waals surface area contributed by atoms with Crippen LogP contribution in [0, 0.1) is 0 Å². The second kappa shape index (κ2) is 6.78. The lowest BCUT2D eigenvalue weighted by Crippen LogP contribution is -2.39. The molecule has 0 unspecified atom stereocenters. The molecule has 0 bridgehead atoms. The van der Waals surface area contributed by atoms with E-state index < -0.39 is 5.97 Å². The summed E-state index contributed by atoms with van der Waals surface area (Å²) < 4.78 is 0. The van der Waals surface area contributed by atoms with E-state index in [9.17, 15) is 14.7 Å². The van der Waals surface area contributed by atoms with Crippen LogP contribution in [0.3, 0.4) is 0 Å². The Balaban J connectivity index is 1.73. The number of carbonyl (C=O) groups excluding carboxylic acids is 1. The number of urea groups is 1. The molecule has 1 aliphatic heterocycles. The molecule has 0 saturated heterocycles. The summed E-state index contributed by atoms with van der Waals surface area (Å²) in [7, 11) is 0. The van der Waals surface area contributed by atoms with Crippen LogP contribution in [0.15, 0.2) is 36.5 Å². The van der Waals surface area contributed by atoms with Gasteiger partial charge in [-0.1, -0.05) is 32.9 Å². The molecule has 1 aliphatic rings. The van der Waals surface area contributed by atoms with Crippen LogP contribution >= 0.6 is 0 Å². The fourth-order valence-corrected chi connectivity index (χ4v) is 3.07. The molecule has 0 fully saturated rings. The molecule has 1 aromatic carbocycles. The minimum Gasteiger partial charge on any atom is -0.478 e. The number of benzene rings is 1. The number of nitrogens with one attached hydrogen (secondary N) is 1. The van der Waals surface area contributed by atoms with Crippen molar-refractivity contribution in [2.45, 2.75) is 39.2 Å². The zero-order valence-corrected chi connectivity index (χ0v) is 15.2. The third-order valence-electron chi connectivity index (χ3n) is 4.63. The molecular weight excluding hydrogens is 330 g/mol. The summed E-state index contributed by atoms with van der Waals surface area (Å²) in [6.45, 7) is 7.17. The van der Waals surface area contributed by atoms with Gasteiger partial charge in [0.2, 0.25) is 0 Å².